The molecule has 0 bridgehead atoms. The highest BCUT2D eigenvalue weighted by molar-refractivity contribution is 7.08. The number of hydrogen-bond acceptors (Lipinski definition) is 5. The highest BCUT2D eigenvalue weighted by Gasteiger charge is 2.42. The predicted octanol–water partition coefficient (Wildman–Crippen LogP) is 0.838. The molecular formula is C15H20N2O4S. The summed E-state index contributed by atoms with van der Waals surface area (Å²) in [5, 5.41) is 3.76. The molecule has 2 amide bonds. The molecule has 0 radical (unpaired) electrons. The van der Waals surface area contributed by atoms with Crippen molar-refractivity contribution in [2.75, 3.05) is 46.0 Å². The van der Waals surface area contributed by atoms with Gasteiger partial charge in [-0.05, 0) is 11.4 Å². The van der Waals surface area contributed by atoms with Crippen LogP contribution in [0.1, 0.15) is 17.3 Å². The Labute approximate surface area is 133 Å². The van der Waals surface area contributed by atoms with Crippen molar-refractivity contribution in [3.63, 3.8) is 0 Å². The van der Waals surface area contributed by atoms with Crippen molar-refractivity contribution in [3.05, 3.63) is 22.4 Å². The van der Waals surface area contributed by atoms with Gasteiger partial charge < -0.3 is 19.3 Å². The lowest BCUT2D eigenvalue weighted by atomic mass is 10.0. The summed E-state index contributed by atoms with van der Waals surface area (Å²) < 4.78 is 11.6. The number of amides is 2. The molecule has 7 heteroatoms. The number of nitrogens with zero attached hydrogens (tertiary/aromatic N) is 2. The van der Waals surface area contributed by atoms with Gasteiger partial charge in [-0.2, -0.15) is 11.3 Å². The third-order valence-corrected chi connectivity index (χ3v) is 4.78. The number of hydrogen-bond donors (Lipinski definition) is 0. The van der Waals surface area contributed by atoms with Gasteiger partial charge in [0.15, 0.2) is 0 Å². The highest BCUT2D eigenvalue weighted by atomic mass is 32.1. The van der Waals surface area contributed by atoms with Gasteiger partial charge in [0.1, 0.15) is 5.60 Å². The summed E-state index contributed by atoms with van der Waals surface area (Å²) in [6.07, 6.45) is 0. The maximum atomic E-state index is 12.5. The molecule has 6 nitrogen and oxygen atoms in total. The average Bonchev–Trinajstić information content (AvgIpc) is 2.97. The summed E-state index contributed by atoms with van der Waals surface area (Å²) in [6, 6.07) is 1.83. The lowest BCUT2D eigenvalue weighted by Crippen LogP contribution is -2.60. The Hall–Kier alpha value is -1.44. The number of thiophene rings is 1. The Morgan fingerprint density at radius 3 is 2.73 bits per heavy atom. The normalized spacial score (nSPS) is 26.0. The second-order valence-electron chi connectivity index (χ2n) is 5.76. The van der Waals surface area contributed by atoms with Crippen LogP contribution in [0.5, 0.6) is 0 Å². The van der Waals surface area contributed by atoms with Crippen LogP contribution in [0.3, 0.4) is 0 Å². The Morgan fingerprint density at radius 2 is 2.00 bits per heavy atom. The van der Waals surface area contributed by atoms with Crippen LogP contribution >= 0.6 is 11.3 Å². The molecule has 22 heavy (non-hydrogen) atoms. The molecule has 0 N–H and O–H groups in total. The second-order valence-corrected chi connectivity index (χ2v) is 6.54. The smallest absolute Gasteiger partial charge is 0.254 e. The van der Waals surface area contributed by atoms with Gasteiger partial charge in [-0.3, -0.25) is 9.59 Å². The lowest BCUT2D eigenvalue weighted by Gasteiger charge is -2.43. The summed E-state index contributed by atoms with van der Waals surface area (Å²) in [5.74, 6) is 0.0253. The fourth-order valence-corrected chi connectivity index (χ4v) is 3.57. The van der Waals surface area contributed by atoms with E-state index in [4.69, 9.17) is 9.47 Å². The van der Waals surface area contributed by atoms with Gasteiger partial charge in [-0.15, -0.1) is 0 Å². The highest BCUT2D eigenvalue weighted by Crippen LogP contribution is 2.24. The minimum Gasteiger partial charge on any atom is -0.376 e. The van der Waals surface area contributed by atoms with Gasteiger partial charge >= 0.3 is 0 Å². The number of ether oxygens (including phenoxy) is 2. The van der Waals surface area contributed by atoms with E-state index in [1.807, 2.05) is 16.8 Å². The zero-order valence-electron chi connectivity index (χ0n) is 12.6. The molecule has 2 aliphatic heterocycles. The Morgan fingerprint density at radius 1 is 1.23 bits per heavy atom. The van der Waals surface area contributed by atoms with Crippen LogP contribution in [0.4, 0.5) is 0 Å². The topological polar surface area (TPSA) is 59.1 Å². The fraction of sp³-hybridized carbons (Fsp3) is 0.600. The first kappa shape index (κ1) is 15.5. The van der Waals surface area contributed by atoms with Gasteiger partial charge in [0.2, 0.25) is 5.91 Å². The number of carbonyl (C=O) groups excluding carboxylic acids is 2. The molecule has 1 aromatic heterocycles. The van der Waals surface area contributed by atoms with E-state index >= 15 is 0 Å². The van der Waals surface area contributed by atoms with Crippen LogP contribution in [0.2, 0.25) is 0 Å². The average molecular weight is 324 g/mol. The van der Waals surface area contributed by atoms with Gasteiger partial charge in [-0.25, -0.2) is 0 Å². The van der Waals surface area contributed by atoms with Crippen LogP contribution < -0.4 is 0 Å². The maximum absolute atomic E-state index is 12.5. The van der Waals surface area contributed by atoms with E-state index in [-0.39, 0.29) is 11.8 Å². The van der Waals surface area contributed by atoms with Crippen molar-refractivity contribution in [1.82, 2.24) is 9.80 Å². The van der Waals surface area contributed by atoms with Gasteiger partial charge in [0.05, 0.1) is 38.5 Å². The third kappa shape index (κ3) is 3.16. The zero-order valence-corrected chi connectivity index (χ0v) is 13.4. The lowest BCUT2D eigenvalue weighted by molar-refractivity contribution is -0.145. The first-order valence-corrected chi connectivity index (χ1v) is 8.33. The summed E-state index contributed by atoms with van der Waals surface area (Å²) in [5.41, 5.74) is 0.0894. The van der Waals surface area contributed by atoms with Crippen LogP contribution in [0, 0.1) is 0 Å². The van der Waals surface area contributed by atoms with Crippen molar-refractivity contribution in [2.45, 2.75) is 12.5 Å². The molecule has 1 aromatic rings. The summed E-state index contributed by atoms with van der Waals surface area (Å²) in [4.78, 5) is 27.8. The van der Waals surface area contributed by atoms with E-state index in [1.165, 1.54) is 11.3 Å². The van der Waals surface area contributed by atoms with E-state index in [2.05, 4.69) is 0 Å². The Bertz CT molecular complexity index is 548. The van der Waals surface area contributed by atoms with E-state index in [0.717, 1.165) is 0 Å². The molecule has 120 valence electrons. The Kier molecular flexibility index (Phi) is 4.46. The zero-order chi connectivity index (χ0) is 15.6. The van der Waals surface area contributed by atoms with E-state index in [1.54, 1.807) is 16.7 Å². The summed E-state index contributed by atoms with van der Waals surface area (Å²) >= 11 is 1.51. The summed E-state index contributed by atoms with van der Waals surface area (Å²) in [7, 11) is 0. The molecule has 0 saturated carbocycles. The minimum absolute atomic E-state index is 0.00904. The first-order valence-electron chi connectivity index (χ1n) is 7.38. The SMILES string of the molecule is CC(=O)N1CCOCC2(C1)CN(C(=O)c1ccsc1)CCO2. The standard InChI is InChI=1S/C15H20N2O4S/c1-12(18)16-3-5-20-11-15(9-16)10-17(4-6-21-15)14(19)13-2-7-22-8-13/h2,7-8H,3-6,9-11H2,1H3. The largest absolute Gasteiger partial charge is 0.376 e. The van der Waals surface area contributed by atoms with Crippen LogP contribution in [-0.2, 0) is 14.3 Å². The third-order valence-electron chi connectivity index (χ3n) is 4.10. The molecule has 3 rings (SSSR count). The molecule has 0 aliphatic carbocycles. The number of carbonyl (C=O) groups is 2. The minimum atomic E-state index is -0.619. The van der Waals surface area contributed by atoms with Gasteiger partial charge in [0, 0.05) is 25.4 Å². The maximum Gasteiger partial charge on any atom is 0.254 e. The van der Waals surface area contributed by atoms with E-state index in [0.29, 0.717) is 51.6 Å². The van der Waals surface area contributed by atoms with Crippen molar-refractivity contribution in [3.8, 4) is 0 Å². The fourth-order valence-electron chi connectivity index (χ4n) is 2.94. The van der Waals surface area contributed by atoms with Crippen LogP contribution in [0.15, 0.2) is 16.8 Å². The molecule has 2 fully saturated rings. The second kappa shape index (κ2) is 6.36. The Balaban J connectivity index is 1.76. The summed E-state index contributed by atoms with van der Waals surface area (Å²) in [6.45, 7) is 4.98. The molecule has 1 spiro atoms. The predicted molar refractivity (Wildman–Crippen MR) is 82.0 cm³/mol. The molecular weight excluding hydrogens is 304 g/mol. The molecule has 0 aromatic carbocycles. The molecule has 1 unspecified atom stereocenters. The van der Waals surface area contributed by atoms with E-state index < -0.39 is 5.60 Å². The van der Waals surface area contributed by atoms with Crippen molar-refractivity contribution >= 4 is 23.2 Å². The quantitative estimate of drug-likeness (QED) is 0.768. The molecule has 3 heterocycles. The molecule has 1 atom stereocenters. The van der Waals surface area contributed by atoms with Crippen LogP contribution in [0.25, 0.3) is 0 Å². The van der Waals surface area contributed by atoms with Gasteiger partial charge in [-0.1, -0.05) is 0 Å². The van der Waals surface area contributed by atoms with Crippen molar-refractivity contribution < 1.29 is 19.1 Å². The first-order chi connectivity index (χ1) is 10.6. The monoisotopic (exact) mass is 324 g/mol. The van der Waals surface area contributed by atoms with Crippen molar-refractivity contribution in [1.29, 1.82) is 0 Å². The van der Waals surface area contributed by atoms with Crippen LogP contribution in [-0.4, -0.2) is 73.2 Å². The molecule has 2 aliphatic rings. The number of morpholine rings is 1. The van der Waals surface area contributed by atoms with Gasteiger partial charge in [0.25, 0.3) is 5.91 Å². The number of rotatable bonds is 1. The van der Waals surface area contributed by atoms with Crippen molar-refractivity contribution in [2.24, 2.45) is 0 Å². The molecule has 2 saturated heterocycles. The van der Waals surface area contributed by atoms with E-state index in [9.17, 15) is 9.59 Å².